The fraction of sp³-hybridized carbons (Fsp3) is 1.00. The van der Waals surface area contributed by atoms with Gasteiger partial charge in [-0.15, -0.1) is 23.2 Å². The van der Waals surface area contributed by atoms with Crippen LogP contribution in [0.1, 0.15) is 0 Å². The first-order valence-corrected chi connectivity index (χ1v) is 3.11. The molecule has 0 rings (SSSR count). The molecule has 5 heteroatoms. The summed E-state index contributed by atoms with van der Waals surface area (Å²) in [6.07, 6.45) is 0. The Balaban J connectivity index is 0. The summed E-state index contributed by atoms with van der Waals surface area (Å²) in [5.41, 5.74) is -1.03. The summed E-state index contributed by atoms with van der Waals surface area (Å²) in [7, 11) is 0. The van der Waals surface area contributed by atoms with E-state index in [0.717, 1.165) is 0 Å². The number of hydrogen-bond acceptors (Lipinski definition) is 1. The topological polar surface area (TPSA) is 20.2 Å². The minimum Gasteiger partial charge on any atom is -0.376 e. The SMILES string of the molecule is OC(Cl)C(Cl)CCl.[Ti]. The molecule has 0 amide bonds. The van der Waals surface area contributed by atoms with E-state index in [9.17, 15) is 0 Å². The molecule has 1 N–H and O–H groups in total. The van der Waals surface area contributed by atoms with Gasteiger partial charge in [0, 0.05) is 27.6 Å². The molecule has 0 aromatic heterocycles. The fourth-order valence-electron chi connectivity index (χ4n) is 0.0735. The van der Waals surface area contributed by atoms with Crippen LogP contribution >= 0.6 is 34.8 Å². The molecule has 0 bridgehead atoms. The van der Waals surface area contributed by atoms with Gasteiger partial charge < -0.3 is 5.11 Å². The Morgan fingerprint density at radius 2 is 1.75 bits per heavy atom. The average molecular weight is 211 g/mol. The van der Waals surface area contributed by atoms with Gasteiger partial charge in [0.15, 0.2) is 0 Å². The van der Waals surface area contributed by atoms with E-state index in [1.54, 1.807) is 0 Å². The van der Waals surface area contributed by atoms with Crippen molar-refractivity contribution in [3.63, 3.8) is 0 Å². The van der Waals surface area contributed by atoms with Crippen molar-refractivity contribution in [2.24, 2.45) is 0 Å². The van der Waals surface area contributed by atoms with Crippen molar-refractivity contribution in [3.05, 3.63) is 0 Å². The molecule has 8 heavy (non-hydrogen) atoms. The zero-order valence-corrected chi connectivity index (χ0v) is 7.77. The Morgan fingerprint density at radius 1 is 1.38 bits per heavy atom. The van der Waals surface area contributed by atoms with Gasteiger partial charge in [0.05, 0.1) is 5.38 Å². The maximum absolute atomic E-state index is 8.37. The Morgan fingerprint density at radius 3 is 1.75 bits per heavy atom. The fourth-order valence-corrected chi connectivity index (χ4v) is 0.423. The maximum Gasteiger partial charge on any atom is 0.145 e. The van der Waals surface area contributed by atoms with E-state index >= 15 is 0 Å². The van der Waals surface area contributed by atoms with E-state index in [4.69, 9.17) is 39.9 Å². The van der Waals surface area contributed by atoms with Gasteiger partial charge in [-0.1, -0.05) is 11.6 Å². The molecule has 0 saturated heterocycles. The number of alkyl halides is 3. The third kappa shape index (κ3) is 5.68. The van der Waals surface area contributed by atoms with Crippen LogP contribution < -0.4 is 0 Å². The minimum atomic E-state index is -1.03. The van der Waals surface area contributed by atoms with Crippen LogP contribution in [-0.4, -0.2) is 21.9 Å². The van der Waals surface area contributed by atoms with Crippen LogP contribution in [0.3, 0.4) is 0 Å². The zero-order valence-electron chi connectivity index (χ0n) is 3.94. The van der Waals surface area contributed by atoms with Gasteiger partial charge >= 0.3 is 0 Å². The van der Waals surface area contributed by atoms with Crippen molar-refractivity contribution >= 4 is 34.8 Å². The van der Waals surface area contributed by atoms with Crippen molar-refractivity contribution in [1.82, 2.24) is 0 Å². The molecular formula is C3H5Cl3OTi. The second-order valence-electron chi connectivity index (χ2n) is 1.04. The summed E-state index contributed by atoms with van der Waals surface area (Å²) >= 11 is 15.5. The Hall–Kier alpha value is 1.54. The molecule has 2 unspecified atom stereocenters. The normalized spacial score (nSPS) is 16.5. The van der Waals surface area contributed by atoms with Crippen molar-refractivity contribution in [2.75, 3.05) is 5.88 Å². The predicted molar refractivity (Wildman–Crippen MR) is 32.2 cm³/mol. The van der Waals surface area contributed by atoms with Crippen LogP contribution in [-0.2, 0) is 21.7 Å². The molecule has 48 valence electrons. The monoisotopic (exact) mass is 210 g/mol. The van der Waals surface area contributed by atoms with Gasteiger partial charge in [-0.3, -0.25) is 0 Å². The molecule has 0 aliphatic rings. The van der Waals surface area contributed by atoms with E-state index in [2.05, 4.69) is 0 Å². The summed E-state index contributed by atoms with van der Waals surface area (Å²) in [6.45, 7) is 0. The van der Waals surface area contributed by atoms with Crippen molar-refractivity contribution < 1.29 is 26.8 Å². The van der Waals surface area contributed by atoms with Crippen LogP contribution in [0, 0.1) is 0 Å². The van der Waals surface area contributed by atoms with Crippen molar-refractivity contribution in [2.45, 2.75) is 10.9 Å². The maximum atomic E-state index is 8.37. The minimum absolute atomic E-state index is 0. The van der Waals surface area contributed by atoms with E-state index in [0.29, 0.717) is 0 Å². The van der Waals surface area contributed by atoms with E-state index < -0.39 is 10.9 Å². The second kappa shape index (κ2) is 6.66. The molecule has 0 saturated carbocycles. The molecule has 2 atom stereocenters. The number of hydrogen-bond donors (Lipinski definition) is 1. The molecule has 0 fully saturated rings. The third-order valence-corrected chi connectivity index (χ3v) is 1.76. The number of rotatable bonds is 2. The third-order valence-electron chi connectivity index (χ3n) is 0.446. The van der Waals surface area contributed by atoms with Crippen molar-refractivity contribution in [1.29, 1.82) is 0 Å². The summed E-state index contributed by atoms with van der Waals surface area (Å²) in [4.78, 5) is 0. The molecule has 0 heterocycles. The smallest absolute Gasteiger partial charge is 0.145 e. The molecule has 0 radical (unpaired) electrons. The summed E-state index contributed by atoms with van der Waals surface area (Å²) < 4.78 is 0. The molecule has 0 aliphatic heterocycles. The van der Waals surface area contributed by atoms with E-state index in [-0.39, 0.29) is 27.6 Å². The van der Waals surface area contributed by atoms with Gasteiger partial charge in [0.2, 0.25) is 0 Å². The Labute approximate surface area is 78.2 Å². The van der Waals surface area contributed by atoms with Crippen LogP contribution in [0.15, 0.2) is 0 Å². The van der Waals surface area contributed by atoms with Crippen molar-refractivity contribution in [3.8, 4) is 0 Å². The van der Waals surface area contributed by atoms with Gasteiger partial charge in [0.1, 0.15) is 5.56 Å². The Bertz CT molecular complexity index is 51.8. The van der Waals surface area contributed by atoms with Gasteiger partial charge in [-0.25, -0.2) is 0 Å². The molecule has 0 aromatic carbocycles. The summed E-state index contributed by atoms with van der Waals surface area (Å²) in [5.74, 6) is 0.173. The van der Waals surface area contributed by atoms with Gasteiger partial charge in [-0.2, -0.15) is 0 Å². The molecule has 1 nitrogen and oxygen atoms in total. The van der Waals surface area contributed by atoms with Crippen LogP contribution in [0.4, 0.5) is 0 Å². The van der Waals surface area contributed by atoms with Crippen LogP contribution in [0.5, 0.6) is 0 Å². The van der Waals surface area contributed by atoms with E-state index in [1.165, 1.54) is 0 Å². The first-order chi connectivity index (χ1) is 3.18. The standard InChI is InChI=1S/C3H5Cl3O.Ti/c4-1-2(5)3(6)7;/h2-3,7H,1H2;. The van der Waals surface area contributed by atoms with E-state index in [1.807, 2.05) is 0 Å². The van der Waals surface area contributed by atoms with Crippen LogP contribution in [0.2, 0.25) is 0 Å². The molecule has 0 aromatic rings. The quantitative estimate of drug-likeness (QED) is 0.540. The zero-order chi connectivity index (χ0) is 5.86. The molecular weight excluding hydrogens is 206 g/mol. The van der Waals surface area contributed by atoms with Gasteiger partial charge in [0.25, 0.3) is 0 Å². The predicted octanol–water partition coefficient (Wildman–Crippen LogP) is 1.39. The second-order valence-corrected chi connectivity index (χ2v) is 2.36. The Kier molecular flexibility index (Phi) is 10.2. The molecule has 0 spiro atoms. The van der Waals surface area contributed by atoms with Gasteiger partial charge in [-0.05, 0) is 0 Å². The summed E-state index contributed by atoms with van der Waals surface area (Å²) in [5, 5.41) is 7.83. The largest absolute Gasteiger partial charge is 0.376 e. The first kappa shape index (κ1) is 12.2. The first-order valence-electron chi connectivity index (χ1n) is 1.70. The number of aliphatic hydroxyl groups is 1. The average Bonchev–Trinajstić information content (AvgIpc) is 1.65. The molecule has 0 aliphatic carbocycles. The number of aliphatic hydroxyl groups excluding tert-OH is 1. The summed E-state index contributed by atoms with van der Waals surface area (Å²) in [6, 6.07) is 0. The number of halogens is 3. The van der Waals surface area contributed by atoms with Crippen LogP contribution in [0.25, 0.3) is 0 Å².